The van der Waals surface area contributed by atoms with Crippen molar-refractivity contribution in [1.29, 1.82) is 10.5 Å². The van der Waals surface area contributed by atoms with E-state index < -0.39 is 17.6 Å². The van der Waals surface area contributed by atoms with Gasteiger partial charge in [-0.3, -0.25) is 9.59 Å². The summed E-state index contributed by atoms with van der Waals surface area (Å²) in [5.41, 5.74) is 6.44. The maximum atomic E-state index is 13.6. The lowest BCUT2D eigenvalue weighted by Crippen LogP contribution is -2.09. The van der Waals surface area contributed by atoms with Crippen molar-refractivity contribution in [1.82, 2.24) is 0 Å². The number of halogens is 3. The molecule has 2 fully saturated rings. The minimum Gasteiger partial charge on any atom is -0.478 e. The molecule has 2 aliphatic rings. The van der Waals surface area contributed by atoms with E-state index >= 15 is 0 Å². The molecule has 3 N–H and O–H groups in total. The zero-order chi connectivity index (χ0) is 36.5. The Morgan fingerprint density at radius 1 is 0.620 bits per heavy atom. The molecule has 3 aromatic carbocycles. The van der Waals surface area contributed by atoms with Crippen molar-refractivity contribution in [2.75, 3.05) is 0 Å². The maximum Gasteiger partial charge on any atom is 0.335 e. The van der Waals surface area contributed by atoms with Crippen LogP contribution in [0.25, 0.3) is 0 Å². The maximum absolute atomic E-state index is 13.6. The molecule has 0 saturated heterocycles. The number of nitriles is 2. The summed E-state index contributed by atoms with van der Waals surface area (Å²) in [7, 11) is 0. The van der Waals surface area contributed by atoms with Crippen LogP contribution in [-0.4, -0.2) is 22.6 Å². The lowest BCUT2D eigenvalue weighted by molar-refractivity contribution is 0.0695. The van der Waals surface area contributed by atoms with Crippen LogP contribution >= 0.6 is 0 Å². The number of Topliss-reactive ketones (excluding diaryl/α,β-unsaturated/α-hetero) is 2. The first-order valence-corrected chi connectivity index (χ1v) is 17.2. The molecule has 0 unspecified atom stereocenters. The minimum absolute atomic E-state index is 0.00436. The third kappa shape index (κ3) is 12.6. The molecule has 10 heteroatoms. The van der Waals surface area contributed by atoms with Gasteiger partial charge in [-0.05, 0) is 54.3 Å². The van der Waals surface area contributed by atoms with Gasteiger partial charge >= 0.3 is 5.97 Å². The second-order valence-electron chi connectivity index (χ2n) is 12.9. The Bertz CT molecular complexity index is 1700. The molecule has 0 radical (unpaired) electrons. The van der Waals surface area contributed by atoms with Crippen LogP contribution in [0.5, 0.6) is 0 Å². The van der Waals surface area contributed by atoms with Crippen LogP contribution in [0.2, 0.25) is 0 Å². The van der Waals surface area contributed by atoms with Gasteiger partial charge in [0, 0.05) is 36.1 Å². The summed E-state index contributed by atoms with van der Waals surface area (Å²) in [6, 6.07) is 15.3. The molecule has 0 amide bonds. The number of nitrogens with zero attached hydrogens (tertiary/aromatic N) is 2. The van der Waals surface area contributed by atoms with Crippen LogP contribution in [0, 0.1) is 51.9 Å². The fraction of sp³-hybridized carbons (Fsp3) is 0.425. The zero-order valence-corrected chi connectivity index (χ0v) is 28.2. The van der Waals surface area contributed by atoms with Gasteiger partial charge in [-0.2, -0.15) is 10.5 Å². The van der Waals surface area contributed by atoms with Gasteiger partial charge in [0.2, 0.25) is 0 Å². The number of benzene rings is 3. The van der Waals surface area contributed by atoms with Gasteiger partial charge in [-0.25, -0.2) is 18.0 Å². The highest BCUT2D eigenvalue weighted by Crippen LogP contribution is 2.28. The van der Waals surface area contributed by atoms with Gasteiger partial charge in [0.15, 0.2) is 11.6 Å². The average molecular weight is 688 g/mol. The standard InChI is InChI=1S/C16H22FNO.C16H18FNO.C8H4FNO2/c2*17-15-10-13(7-8-14(15)11-18)16(19)9-12-5-3-1-2-4-6-12;9-7-3-5(8(11)12)1-2-6(7)4-10/h7-8,10,12H,1-6,9,11,18H2;7-8,10,12H,1-6,9H2;1-3H,(H,11,12). The second-order valence-corrected chi connectivity index (χ2v) is 12.9. The molecule has 0 aliphatic heterocycles. The number of aromatic carboxylic acids is 1. The van der Waals surface area contributed by atoms with Crippen LogP contribution in [0.3, 0.4) is 0 Å². The number of hydrogen-bond acceptors (Lipinski definition) is 6. The Balaban J connectivity index is 0.000000209. The number of hydrogen-bond donors (Lipinski definition) is 2. The van der Waals surface area contributed by atoms with Gasteiger partial charge in [-0.1, -0.05) is 89.2 Å². The number of carbonyl (C=O) groups excluding carboxylic acids is 2. The highest BCUT2D eigenvalue weighted by Gasteiger charge is 2.19. The first-order chi connectivity index (χ1) is 24.1. The van der Waals surface area contributed by atoms with E-state index in [1.54, 1.807) is 30.3 Å². The topological polar surface area (TPSA) is 145 Å². The van der Waals surface area contributed by atoms with Gasteiger partial charge in [0.1, 0.15) is 29.6 Å². The van der Waals surface area contributed by atoms with E-state index in [4.69, 9.17) is 21.4 Å². The Labute approximate surface area is 291 Å². The van der Waals surface area contributed by atoms with Crippen molar-refractivity contribution >= 4 is 17.5 Å². The molecule has 7 nitrogen and oxygen atoms in total. The second kappa shape index (κ2) is 20.7. The summed E-state index contributed by atoms with van der Waals surface area (Å²) in [5.74, 6) is -2.01. The van der Waals surface area contributed by atoms with E-state index in [0.29, 0.717) is 41.4 Å². The zero-order valence-electron chi connectivity index (χ0n) is 28.2. The SMILES string of the molecule is N#Cc1ccc(C(=O)CC2CCCCCC2)cc1F.N#Cc1ccc(C(=O)O)cc1F.NCc1ccc(C(=O)CC2CCCCCC2)cc1F. The van der Waals surface area contributed by atoms with E-state index in [-0.39, 0.29) is 40.6 Å². The van der Waals surface area contributed by atoms with Crippen LogP contribution in [-0.2, 0) is 6.54 Å². The number of rotatable bonds is 8. The van der Waals surface area contributed by atoms with Crippen molar-refractivity contribution < 1.29 is 32.7 Å². The van der Waals surface area contributed by atoms with E-state index in [2.05, 4.69) is 0 Å². The third-order valence-electron chi connectivity index (χ3n) is 9.24. The van der Waals surface area contributed by atoms with Crippen LogP contribution in [0.15, 0.2) is 54.6 Å². The first kappa shape index (κ1) is 39.6. The van der Waals surface area contributed by atoms with Gasteiger partial charge < -0.3 is 10.8 Å². The Morgan fingerprint density at radius 2 is 1.00 bits per heavy atom. The van der Waals surface area contributed by atoms with E-state index in [1.165, 1.54) is 75.6 Å². The summed E-state index contributed by atoms with van der Waals surface area (Å²) in [6.07, 6.45) is 15.4. The molecular weight excluding hydrogens is 643 g/mol. The van der Waals surface area contributed by atoms with Crippen molar-refractivity contribution in [3.05, 3.63) is 105 Å². The predicted molar refractivity (Wildman–Crippen MR) is 184 cm³/mol. The fourth-order valence-electron chi connectivity index (χ4n) is 6.30. The fourth-order valence-corrected chi connectivity index (χ4v) is 6.30. The van der Waals surface area contributed by atoms with Crippen molar-refractivity contribution in [2.45, 2.75) is 96.4 Å². The third-order valence-corrected chi connectivity index (χ3v) is 9.24. The summed E-state index contributed by atoms with van der Waals surface area (Å²) in [4.78, 5) is 34.6. The molecule has 0 aromatic heterocycles. The molecule has 0 atom stereocenters. The quantitative estimate of drug-likeness (QED) is 0.177. The summed E-state index contributed by atoms with van der Waals surface area (Å²) in [5, 5.41) is 25.4. The number of nitrogens with two attached hydrogens (primary N) is 1. The van der Waals surface area contributed by atoms with Crippen molar-refractivity contribution in [3.63, 3.8) is 0 Å². The highest BCUT2D eigenvalue weighted by molar-refractivity contribution is 5.96. The molecule has 0 spiro atoms. The Morgan fingerprint density at radius 3 is 1.36 bits per heavy atom. The lowest BCUT2D eigenvalue weighted by atomic mass is 9.92. The molecule has 264 valence electrons. The van der Waals surface area contributed by atoms with E-state index in [1.807, 2.05) is 0 Å². The molecule has 0 heterocycles. The Kier molecular flexibility index (Phi) is 16.4. The number of ketones is 2. The van der Waals surface area contributed by atoms with Crippen LogP contribution < -0.4 is 5.73 Å². The summed E-state index contributed by atoms with van der Waals surface area (Å²) in [6.45, 7) is 0.170. The minimum atomic E-state index is -1.21. The normalized spacial score (nSPS) is 15.0. The first-order valence-electron chi connectivity index (χ1n) is 17.2. The van der Waals surface area contributed by atoms with Gasteiger partial charge in [-0.15, -0.1) is 0 Å². The molecule has 3 aromatic rings. The highest BCUT2D eigenvalue weighted by atomic mass is 19.1. The van der Waals surface area contributed by atoms with E-state index in [9.17, 15) is 27.6 Å². The number of carbonyl (C=O) groups is 3. The van der Waals surface area contributed by atoms with Gasteiger partial charge in [0.25, 0.3) is 0 Å². The molecular formula is C40H44F3N3O4. The van der Waals surface area contributed by atoms with Crippen molar-refractivity contribution in [3.8, 4) is 12.1 Å². The van der Waals surface area contributed by atoms with Crippen LogP contribution in [0.4, 0.5) is 13.2 Å². The van der Waals surface area contributed by atoms with Crippen LogP contribution in [0.1, 0.15) is 138 Å². The molecule has 2 saturated carbocycles. The smallest absolute Gasteiger partial charge is 0.335 e. The van der Waals surface area contributed by atoms with Gasteiger partial charge in [0.05, 0.1) is 16.7 Å². The Hall–Kier alpha value is -4.80. The van der Waals surface area contributed by atoms with Crippen molar-refractivity contribution in [2.24, 2.45) is 17.6 Å². The predicted octanol–water partition coefficient (Wildman–Crippen LogP) is 9.46. The molecule has 2 aliphatic carbocycles. The summed E-state index contributed by atoms with van der Waals surface area (Å²) < 4.78 is 39.8. The number of carboxylic acid groups (broad SMARTS) is 1. The lowest BCUT2D eigenvalue weighted by Gasteiger charge is -2.13. The average Bonchev–Trinajstić information content (AvgIpc) is 3.54. The van der Waals surface area contributed by atoms with E-state index in [0.717, 1.165) is 37.8 Å². The molecule has 0 bridgehead atoms. The molecule has 50 heavy (non-hydrogen) atoms. The number of carboxylic acids is 1. The summed E-state index contributed by atoms with van der Waals surface area (Å²) >= 11 is 0. The molecule has 5 rings (SSSR count). The largest absolute Gasteiger partial charge is 0.478 e. The monoisotopic (exact) mass is 687 g/mol.